The van der Waals surface area contributed by atoms with Crippen LogP contribution in [0.5, 0.6) is 0 Å². The van der Waals surface area contributed by atoms with E-state index in [1.54, 1.807) is 0 Å². The molecule has 0 amide bonds. The number of hydrogen-bond acceptors (Lipinski definition) is 3. The van der Waals surface area contributed by atoms with Crippen molar-refractivity contribution >= 4 is 37.7 Å². The molecule has 0 aliphatic heterocycles. The number of hydrogen-bond donors (Lipinski definition) is 1. The van der Waals surface area contributed by atoms with Crippen molar-refractivity contribution in [3.63, 3.8) is 0 Å². The summed E-state index contributed by atoms with van der Waals surface area (Å²) in [6.45, 7) is -0.0903. The average Bonchev–Trinajstić information content (AvgIpc) is 1.72. The average molecular weight is 148 g/mol. The van der Waals surface area contributed by atoms with Crippen molar-refractivity contribution in [1.29, 1.82) is 0 Å². The van der Waals surface area contributed by atoms with Crippen molar-refractivity contribution in [1.82, 2.24) is 0 Å². The van der Waals surface area contributed by atoms with Gasteiger partial charge in [-0.15, -0.1) is 0 Å². The second-order valence-electron chi connectivity index (χ2n) is 1.08. The molecule has 0 aromatic heterocycles. The van der Waals surface area contributed by atoms with Gasteiger partial charge in [-0.3, -0.25) is 0 Å². The molecule has 4 heteroatoms. The third-order valence-corrected chi connectivity index (χ3v) is 0.675. The molecule has 0 aliphatic rings. The van der Waals surface area contributed by atoms with Crippen LogP contribution >= 0.6 is 0 Å². The minimum absolute atomic E-state index is 0. The number of aliphatic hydroxyl groups is 1. The predicted octanol–water partition coefficient (Wildman–Crippen LogP) is -1.32. The standard InChI is InChI=1S/C4H10O3.Ca.2H/c1-6-4(3-5)7-2;;;/h4-5H,3H2,1-2H3;;;. The number of methoxy groups -OCH3 is 2. The van der Waals surface area contributed by atoms with Crippen molar-refractivity contribution in [3.8, 4) is 0 Å². The quantitative estimate of drug-likeness (QED) is 0.398. The van der Waals surface area contributed by atoms with Gasteiger partial charge in [-0.25, -0.2) is 0 Å². The normalized spacial score (nSPS) is 9.00. The molecule has 0 rings (SSSR count). The number of ether oxygens (including phenoxy) is 2. The van der Waals surface area contributed by atoms with Gasteiger partial charge in [-0.1, -0.05) is 0 Å². The summed E-state index contributed by atoms with van der Waals surface area (Å²) in [7, 11) is 2.95. The Bertz CT molecular complexity index is 32.8. The molecule has 0 heterocycles. The molecule has 0 fully saturated rings. The SMILES string of the molecule is COC(CO)OC.[CaH2]. The van der Waals surface area contributed by atoms with Crippen LogP contribution < -0.4 is 0 Å². The zero-order chi connectivity index (χ0) is 5.70. The van der Waals surface area contributed by atoms with Crippen LogP contribution in [-0.2, 0) is 9.47 Å². The molecule has 0 spiro atoms. The summed E-state index contributed by atoms with van der Waals surface area (Å²) in [5, 5.41) is 8.28. The van der Waals surface area contributed by atoms with E-state index in [2.05, 4.69) is 9.47 Å². The van der Waals surface area contributed by atoms with Gasteiger partial charge in [-0.2, -0.15) is 0 Å². The third-order valence-electron chi connectivity index (χ3n) is 0.675. The first-order chi connectivity index (χ1) is 3.35. The van der Waals surface area contributed by atoms with Crippen LogP contribution in [0.25, 0.3) is 0 Å². The van der Waals surface area contributed by atoms with E-state index in [0.717, 1.165) is 0 Å². The summed E-state index contributed by atoms with van der Waals surface area (Å²) in [6.07, 6.45) is -0.458. The number of aliphatic hydroxyl groups excluding tert-OH is 1. The Hall–Kier alpha value is 1.14. The molecule has 0 aromatic carbocycles. The molecular weight excluding hydrogens is 136 g/mol. The molecule has 8 heavy (non-hydrogen) atoms. The third kappa shape index (κ3) is 5.28. The van der Waals surface area contributed by atoms with E-state index in [0.29, 0.717) is 0 Å². The second-order valence-corrected chi connectivity index (χ2v) is 1.08. The molecule has 0 saturated carbocycles. The minimum atomic E-state index is -0.458. The molecule has 0 aromatic rings. The Morgan fingerprint density at radius 3 is 1.75 bits per heavy atom. The summed E-state index contributed by atoms with van der Waals surface area (Å²) in [5.41, 5.74) is 0. The van der Waals surface area contributed by atoms with Crippen LogP contribution in [-0.4, -0.2) is 70.0 Å². The Morgan fingerprint density at radius 1 is 1.38 bits per heavy atom. The van der Waals surface area contributed by atoms with Crippen LogP contribution in [0.2, 0.25) is 0 Å². The van der Waals surface area contributed by atoms with Gasteiger partial charge in [0.2, 0.25) is 0 Å². The van der Waals surface area contributed by atoms with Crippen molar-refractivity contribution in [3.05, 3.63) is 0 Å². The number of rotatable bonds is 3. The summed E-state index contributed by atoms with van der Waals surface area (Å²) in [4.78, 5) is 0. The van der Waals surface area contributed by atoms with E-state index < -0.39 is 6.29 Å². The van der Waals surface area contributed by atoms with Crippen molar-refractivity contribution in [2.24, 2.45) is 0 Å². The zero-order valence-electron chi connectivity index (χ0n) is 4.55. The van der Waals surface area contributed by atoms with Crippen LogP contribution in [0.1, 0.15) is 0 Å². The first-order valence-electron chi connectivity index (χ1n) is 2.01. The van der Waals surface area contributed by atoms with Gasteiger partial charge in [0, 0.05) is 14.2 Å². The van der Waals surface area contributed by atoms with Crippen LogP contribution in [0.15, 0.2) is 0 Å². The summed E-state index contributed by atoms with van der Waals surface area (Å²) in [6, 6.07) is 0. The fourth-order valence-corrected chi connectivity index (χ4v) is 0.245. The van der Waals surface area contributed by atoms with Gasteiger partial charge in [0.05, 0.1) is 6.61 Å². The van der Waals surface area contributed by atoms with Gasteiger partial charge in [-0.05, 0) is 0 Å². The molecule has 1 N–H and O–H groups in total. The molecule has 0 atom stereocenters. The summed E-state index contributed by atoms with van der Waals surface area (Å²) >= 11 is 0. The van der Waals surface area contributed by atoms with Crippen LogP contribution in [0.3, 0.4) is 0 Å². The molecule has 3 nitrogen and oxygen atoms in total. The van der Waals surface area contributed by atoms with E-state index in [4.69, 9.17) is 5.11 Å². The van der Waals surface area contributed by atoms with E-state index in [1.165, 1.54) is 14.2 Å². The van der Waals surface area contributed by atoms with Gasteiger partial charge in [0.25, 0.3) is 0 Å². The Morgan fingerprint density at radius 2 is 1.75 bits per heavy atom. The van der Waals surface area contributed by atoms with E-state index in [1.807, 2.05) is 0 Å². The van der Waals surface area contributed by atoms with Crippen LogP contribution in [0.4, 0.5) is 0 Å². The fourth-order valence-electron chi connectivity index (χ4n) is 0.245. The van der Waals surface area contributed by atoms with Crippen LogP contribution in [0, 0.1) is 0 Å². The second kappa shape index (κ2) is 8.14. The van der Waals surface area contributed by atoms with E-state index in [9.17, 15) is 0 Å². The topological polar surface area (TPSA) is 38.7 Å². The molecule has 0 aliphatic carbocycles. The fraction of sp³-hybridized carbons (Fsp3) is 1.00. The Kier molecular flexibility index (Phi) is 12.1. The van der Waals surface area contributed by atoms with Gasteiger partial charge < -0.3 is 14.6 Å². The predicted molar refractivity (Wildman–Crippen MR) is 33.4 cm³/mol. The van der Waals surface area contributed by atoms with Crippen molar-refractivity contribution < 1.29 is 14.6 Å². The molecule has 0 bridgehead atoms. The molecule has 0 unspecified atom stereocenters. The first kappa shape index (κ1) is 11.9. The summed E-state index contributed by atoms with van der Waals surface area (Å²) < 4.78 is 9.15. The maximum atomic E-state index is 8.28. The zero-order valence-corrected chi connectivity index (χ0v) is 4.55. The Balaban J connectivity index is 0. The van der Waals surface area contributed by atoms with Gasteiger partial charge >= 0.3 is 37.7 Å². The first-order valence-corrected chi connectivity index (χ1v) is 2.01. The van der Waals surface area contributed by atoms with E-state index in [-0.39, 0.29) is 44.3 Å². The Labute approximate surface area is 79.0 Å². The molecule has 0 saturated heterocycles. The van der Waals surface area contributed by atoms with E-state index >= 15 is 0 Å². The monoisotopic (exact) mass is 148 g/mol. The van der Waals surface area contributed by atoms with Gasteiger partial charge in [0.15, 0.2) is 6.29 Å². The maximum absolute atomic E-state index is 8.28. The molecular formula is C4H12CaO3. The molecule has 0 radical (unpaired) electrons. The summed E-state index contributed by atoms with van der Waals surface area (Å²) in [5.74, 6) is 0. The van der Waals surface area contributed by atoms with Gasteiger partial charge in [0.1, 0.15) is 0 Å². The van der Waals surface area contributed by atoms with Crippen molar-refractivity contribution in [2.75, 3.05) is 20.8 Å². The van der Waals surface area contributed by atoms with Crippen molar-refractivity contribution in [2.45, 2.75) is 6.29 Å². The molecule has 48 valence electrons.